The molecule has 0 N–H and O–H groups in total. The molecule has 1 aliphatic carbocycles. The Labute approximate surface area is 142 Å². The fourth-order valence-corrected chi connectivity index (χ4v) is 3.67. The maximum atomic E-state index is 12.4. The highest BCUT2D eigenvalue weighted by Gasteiger charge is 2.23. The molecule has 1 amide bonds. The lowest BCUT2D eigenvalue weighted by Gasteiger charge is -2.34. The summed E-state index contributed by atoms with van der Waals surface area (Å²) in [7, 11) is 0. The molecule has 2 aliphatic rings. The molecule has 1 aliphatic heterocycles. The van der Waals surface area contributed by atoms with Crippen molar-refractivity contribution in [3.8, 4) is 0 Å². The number of carbonyl (C=O) groups is 1. The smallest absolute Gasteiger partial charge is 0.223 e. The zero-order valence-electron chi connectivity index (χ0n) is 14.0. The maximum Gasteiger partial charge on any atom is 0.223 e. The first-order chi connectivity index (χ1) is 11.8. The van der Waals surface area contributed by atoms with Crippen LogP contribution < -0.4 is 0 Å². The molecule has 2 aromatic rings. The number of aromatic nitrogens is 2. The van der Waals surface area contributed by atoms with Crippen molar-refractivity contribution in [2.75, 3.05) is 26.2 Å². The van der Waals surface area contributed by atoms with Gasteiger partial charge in [0.05, 0.1) is 5.69 Å². The van der Waals surface area contributed by atoms with E-state index >= 15 is 0 Å². The molecule has 4 rings (SSSR count). The van der Waals surface area contributed by atoms with E-state index in [4.69, 9.17) is 0 Å². The Morgan fingerprint density at radius 3 is 2.83 bits per heavy atom. The van der Waals surface area contributed by atoms with Crippen molar-refractivity contribution in [3.05, 3.63) is 48.4 Å². The average Bonchev–Trinajstić information content (AvgIpc) is 3.24. The third-order valence-electron chi connectivity index (χ3n) is 5.07. The second-order valence-corrected chi connectivity index (χ2v) is 6.82. The molecular formula is C19H24N4O. The van der Waals surface area contributed by atoms with Gasteiger partial charge < -0.3 is 9.30 Å². The SMILES string of the molecule is O=C(CC1C=CCC1)N1CCN(Cc2cn3ccccc3n2)CC1. The van der Waals surface area contributed by atoms with E-state index in [-0.39, 0.29) is 0 Å². The summed E-state index contributed by atoms with van der Waals surface area (Å²) in [6, 6.07) is 6.05. The van der Waals surface area contributed by atoms with Gasteiger partial charge in [-0.25, -0.2) is 4.98 Å². The van der Waals surface area contributed by atoms with Gasteiger partial charge in [0.25, 0.3) is 0 Å². The third-order valence-corrected chi connectivity index (χ3v) is 5.07. The highest BCUT2D eigenvalue weighted by molar-refractivity contribution is 5.76. The van der Waals surface area contributed by atoms with E-state index in [9.17, 15) is 4.79 Å². The van der Waals surface area contributed by atoms with E-state index in [0.29, 0.717) is 18.2 Å². The van der Waals surface area contributed by atoms with Crippen LogP contribution in [0, 0.1) is 5.92 Å². The number of pyridine rings is 1. The Morgan fingerprint density at radius 1 is 1.21 bits per heavy atom. The molecule has 2 aromatic heterocycles. The number of fused-ring (bicyclic) bond motifs is 1. The summed E-state index contributed by atoms with van der Waals surface area (Å²) < 4.78 is 2.06. The number of piperazine rings is 1. The van der Waals surface area contributed by atoms with Crippen molar-refractivity contribution in [3.63, 3.8) is 0 Å². The largest absolute Gasteiger partial charge is 0.340 e. The first-order valence-electron chi connectivity index (χ1n) is 8.87. The second-order valence-electron chi connectivity index (χ2n) is 6.82. The molecule has 1 unspecified atom stereocenters. The molecule has 0 radical (unpaired) electrons. The van der Waals surface area contributed by atoms with Crippen LogP contribution in [0.3, 0.4) is 0 Å². The third kappa shape index (κ3) is 3.36. The van der Waals surface area contributed by atoms with E-state index in [2.05, 4.69) is 32.6 Å². The van der Waals surface area contributed by atoms with E-state index in [1.54, 1.807) is 0 Å². The monoisotopic (exact) mass is 324 g/mol. The van der Waals surface area contributed by atoms with Crippen LogP contribution in [-0.4, -0.2) is 51.3 Å². The lowest BCUT2D eigenvalue weighted by Crippen LogP contribution is -2.48. The lowest BCUT2D eigenvalue weighted by molar-refractivity contribution is -0.133. The van der Waals surface area contributed by atoms with Crippen LogP contribution >= 0.6 is 0 Å². The molecule has 0 bridgehead atoms. The van der Waals surface area contributed by atoms with Crippen LogP contribution in [-0.2, 0) is 11.3 Å². The average molecular weight is 324 g/mol. The van der Waals surface area contributed by atoms with Crippen LogP contribution in [0.5, 0.6) is 0 Å². The van der Waals surface area contributed by atoms with Gasteiger partial charge in [-0.1, -0.05) is 18.2 Å². The van der Waals surface area contributed by atoms with Crippen molar-refractivity contribution >= 4 is 11.6 Å². The summed E-state index contributed by atoms with van der Waals surface area (Å²) >= 11 is 0. The Bertz CT molecular complexity index is 710. The van der Waals surface area contributed by atoms with Crippen molar-refractivity contribution in [2.24, 2.45) is 5.92 Å². The Balaban J connectivity index is 1.29. The van der Waals surface area contributed by atoms with Crippen molar-refractivity contribution < 1.29 is 4.79 Å². The minimum Gasteiger partial charge on any atom is -0.340 e. The van der Waals surface area contributed by atoms with Gasteiger partial charge in [0.1, 0.15) is 5.65 Å². The standard InChI is InChI=1S/C19H24N4O/c24-19(13-16-5-1-2-6-16)22-11-9-21(10-12-22)14-17-15-23-8-4-3-7-18(23)20-17/h1,3-5,7-8,15-16H,2,6,9-14H2. The number of carbonyl (C=O) groups excluding carboxylic acids is 1. The van der Waals surface area contributed by atoms with Gasteiger partial charge in [-0.15, -0.1) is 0 Å². The van der Waals surface area contributed by atoms with Crippen LogP contribution in [0.25, 0.3) is 5.65 Å². The van der Waals surface area contributed by atoms with Crippen LogP contribution in [0.15, 0.2) is 42.7 Å². The number of amides is 1. The van der Waals surface area contributed by atoms with E-state index in [1.165, 1.54) is 0 Å². The van der Waals surface area contributed by atoms with Gasteiger partial charge in [-0.3, -0.25) is 9.69 Å². The van der Waals surface area contributed by atoms with Gasteiger partial charge >= 0.3 is 0 Å². The number of imidazole rings is 1. The zero-order valence-corrected chi connectivity index (χ0v) is 14.0. The number of nitrogens with zero attached hydrogens (tertiary/aromatic N) is 4. The second kappa shape index (κ2) is 6.77. The number of allylic oxidation sites excluding steroid dienone is 2. The molecule has 1 atom stereocenters. The van der Waals surface area contributed by atoms with Crippen LogP contribution in [0.2, 0.25) is 0 Å². The predicted molar refractivity (Wildman–Crippen MR) is 93.5 cm³/mol. The number of rotatable bonds is 4. The number of hydrogen-bond acceptors (Lipinski definition) is 3. The molecule has 126 valence electrons. The highest BCUT2D eigenvalue weighted by atomic mass is 16.2. The van der Waals surface area contributed by atoms with Gasteiger partial charge in [0.15, 0.2) is 0 Å². The Hall–Kier alpha value is -2.14. The highest BCUT2D eigenvalue weighted by Crippen LogP contribution is 2.21. The fourth-order valence-electron chi connectivity index (χ4n) is 3.67. The summed E-state index contributed by atoms with van der Waals surface area (Å²) in [6.45, 7) is 4.39. The normalized spacial score (nSPS) is 21.7. The number of hydrogen-bond donors (Lipinski definition) is 0. The van der Waals surface area contributed by atoms with Crippen LogP contribution in [0.1, 0.15) is 25.0 Å². The Kier molecular flexibility index (Phi) is 4.34. The first kappa shape index (κ1) is 15.4. The van der Waals surface area contributed by atoms with Crippen LogP contribution in [0.4, 0.5) is 0 Å². The summed E-state index contributed by atoms with van der Waals surface area (Å²) in [5.74, 6) is 0.785. The summed E-state index contributed by atoms with van der Waals surface area (Å²) in [4.78, 5) is 21.5. The van der Waals surface area contributed by atoms with Gasteiger partial charge in [-0.05, 0) is 30.9 Å². The molecule has 5 nitrogen and oxygen atoms in total. The van der Waals surface area contributed by atoms with Gasteiger partial charge in [0, 0.05) is 51.5 Å². The molecule has 1 saturated heterocycles. The molecule has 0 saturated carbocycles. The van der Waals surface area contributed by atoms with Gasteiger partial charge in [-0.2, -0.15) is 0 Å². The molecular weight excluding hydrogens is 300 g/mol. The molecule has 24 heavy (non-hydrogen) atoms. The fraction of sp³-hybridized carbons (Fsp3) is 0.474. The Morgan fingerprint density at radius 2 is 2.08 bits per heavy atom. The zero-order chi connectivity index (χ0) is 16.4. The lowest BCUT2D eigenvalue weighted by atomic mass is 10.0. The van der Waals surface area contributed by atoms with E-state index in [0.717, 1.165) is 56.9 Å². The van der Waals surface area contributed by atoms with E-state index in [1.807, 2.05) is 29.3 Å². The summed E-state index contributed by atoms with van der Waals surface area (Å²) in [5, 5.41) is 0. The summed E-state index contributed by atoms with van der Waals surface area (Å²) in [5.41, 5.74) is 2.09. The molecule has 1 fully saturated rings. The predicted octanol–water partition coefficient (Wildman–Crippen LogP) is 2.33. The van der Waals surface area contributed by atoms with Crippen molar-refractivity contribution in [2.45, 2.75) is 25.8 Å². The first-order valence-corrected chi connectivity index (χ1v) is 8.87. The topological polar surface area (TPSA) is 40.9 Å². The van der Waals surface area contributed by atoms with Crippen molar-refractivity contribution in [1.29, 1.82) is 0 Å². The molecule has 0 spiro atoms. The minimum atomic E-state index is 0.318. The van der Waals surface area contributed by atoms with E-state index < -0.39 is 0 Å². The molecule has 0 aromatic carbocycles. The quantitative estimate of drug-likeness (QED) is 0.811. The van der Waals surface area contributed by atoms with Crippen molar-refractivity contribution in [1.82, 2.24) is 19.2 Å². The maximum absolute atomic E-state index is 12.4. The minimum absolute atomic E-state index is 0.318. The molecule has 3 heterocycles. The van der Waals surface area contributed by atoms with Gasteiger partial charge in [0.2, 0.25) is 5.91 Å². The summed E-state index contributed by atoms with van der Waals surface area (Å²) in [6.07, 6.45) is 11.5. The molecule has 5 heteroatoms.